The van der Waals surface area contributed by atoms with Gasteiger partial charge in [0, 0.05) is 17.3 Å². The lowest BCUT2D eigenvalue weighted by Crippen LogP contribution is -2.08. The summed E-state index contributed by atoms with van der Waals surface area (Å²) in [4.78, 5) is 11.6. The zero-order chi connectivity index (χ0) is 13.9. The maximum absolute atomic E-state index is 12.5. The molecule has 0 N–H and O–H groups in total. The van der Waals surface area contributed by atoms with Crippen LogP contribution in [0.5, 0.6) is 0 Å². The second kappa shape index (κ2) is 5.87. The van der Waals surface area contributed by atoms with Gasteiger partial charge in [0.1, 0.15) is 5.69 Å². The van der Waals surface area contributed by atoms with Crippen LogP contribution in [0.1, 0.15) is 23.3 Å². The lowest BCUT2D eigenvalue weighted by atomic mass is 10.4. The van der Waals surface area contributed by atoms with E-state index in [4.69, 9.17) is 0 Å². The first-order valence-corrected chi connectivity index (χ1v) is 7.32. The van der Waals surface area contributed by atoms with Gasteiger partial charge in [-0.25, -0.2) is 15.0 Å². The quantitative estimate of drug-likeness (QED) is 0.636. The maximum Gasteiger partial charge on any atom is 0.433 e. The molecule has 0 atom stereocenters. The van der Waals surface area contributed by atoms with Crippen molar-refractivity contribution in [2.24, 2.45) is 0 Å². The molecule has 0 bridgehead atoms. The molecule has 0 radical (unpaired) electrons. The fourth-order valence-electron chi connectivity index (χ4n) is 1.28. The molecule has 102 valence electrons. The predicted molar refractivity (Wildman–Crippen MR) is 68.1 cm³/mol. The number of hydrogen-bond donors (Lipinski definition) is 0. The molecule has 0 saturated carbocycles. The second-order valence-electron chi connectivity index (χ2n) is 3.60. The third-order valence-electron chi connectivity index (χ3n) is 2.17. The van der Waals surface area contributed by atoms with Crippen molar-refractivity contribution in [3.05, 3.63) is 34.0 Å². The Kier molecular flexibility index (Phi) is 4.41. The van der Waals surface area contributed by atoms with Crippen LogP contribution in [0.2, 0.25) is 0 Å². The summed E-state index contributed by atoms with van der Waals surface area (Å²) in [6.45, 7) is 2.01. The molecule has 0 saturated heterocycles. The van der Waals surface area contributed by atoms with Crippen LogP contribution >= 0.6 is 23.1 Å². The zero-order valence-electron chi connectivity index (χ0n) is 9.94. The average Bonchev–Trinajstić information content (AvgIpc) is 2.84. The third-order valence-corrected chi connectivity index (χ3v) is 4.11. The van der Waals surface area contributed by atoms with Crippen molar-refractivity contribution < 1.29 is 13.2 Å². The minimum atomic E-state index is -4.44. The smallest absolute Gasteiger partial charge is 0.245 e. The summed E-state index contributed by atoms with van der Waals surface area (Å²) < 4.78 is 37.4. The monoisotopic (exact) mass is 305 g/mol. The van der Waals surface area contributed by atoms with E-state index in [0.29, 0.717) is 5.75 Å². The van der Waals surface area contributed by atoms with Crippen molar-refractivity contribution in [3.8, 4) is 0 Å². The third kappa shape index (κ3) is 3.90. The maximum atomic E-state index is 12.5. The molecule has 3 nitrogen and oxygen atoms in total. The lowest BCUT2D eigenvalue weighted by molar-refractivity contribution is -0.141. The van der Waals surface area contributed by atoms with Gasteiger partial charge in [0.25, 0.3) is 0 Å². The van der Waals surface area contributed by atoms with Gasteiger partial charge < -0.3 is 0 Å². The molecule has 8 heteroatoms. The summed E-state index contributed by atoms with van der Waals surface area (Å²) in [6.07, 6.45) is -2.46. The van der Waals surface area contributed by atoms with Crippen molar-refractivity contribution >= 4 is 23.1 Å². The highest BCUT2D eigenvalue weighted by Gasteiger charge is 2.32. The number of aryl methyl sites for hydroxylation is 1. The minimum Gasteiger partial charge on any atom is -0.245 e. The van der Waals surface area contributed by atoms with Gasteiger partial charge in [-0.3, -0.25) is 0 Å². The Hall–Kier alpha value is -1.15. The van der Waals surface area contributed by atoms with Crippen LogP contribution < -0.4 is 0 Å². The van der Waals surface area contributed by atoms with Gasteiger partial charge in [-0.1, -0.05) is 18.7 Å². The number of hydrogen-bond acceptors (Lipinski definition) is 5. The van der Waals surface area contributed by atoms with Crippen molar-refractivity contribution in [3.63, 3.8) is 0 Å². The largest absolute Gasteiger partial charge is 0.433 e. The summed E-state index contributed by atoms with van der Waals surface area (Å²) in [5.41, 5.74) is -0.0783. The minimum absolute atomic E-state index is 0.112. The summed E-state index contributed by atoms with van der Waals surface area (Å²) in [7, 11) is 0. The lowest BCUT2D eigenvalue weighted by Gasteiger charge is -2.05. The van der Waals surface area contributed by atoms with Crippen LogP contribution in [-0.2, 0) is 18.3 Å². The van der Waals surface area contributed by atoms with Gasteiger partial charge in [0.05, 0.1) is 10.7 Å². The van der Waals surface area contributed by atoms with E-state index in [1.807, 2.05) is 12.3 Å². The molecular weight excluding hydrogens is 295 g/mol. The van der Waals surface area contributed by atoms with Gasteiger partial charge >= 0.3 is 6.18 Å². The fraction of sp³-hybridized carbons (Fsp3) is 0.364. The topological polar surface area (TPSA) is 38.7 Å². The van der Waals surface area contributed by atoms with Gasteiger partial charge in [0.2, 0.25) is 0 Å². The molecule has 0 aliphatic heterocycles. The van der Waals surface area contributed by atoms with Gasteiger partial charge in [-0.15, -0.1) is 11.3 Å². The van der Waals surface area contributed by atoms with Crippen LogP contribution in [-0.4, -0.2) is 15.0 Å². The molecule has 2 aromatic rings. The number of halogens is 3. The molecule has 0 aliphatic rings. The molecular formula is C11H10F3N3S2. The molecule has 0 aliphatic carbocycles. The Bertz CT molecular complexity index is 554. The molecule has 2 aromatic heterocycles. The Morgan fingerprint density at radius 1 is 1.32 bits per heavy atom. The van der Waals surface area contributed by atoms with Crippen LogP contribution in [0.4, 0.5) is 13.2 Å². The van der Waals surface area contributed by atoms with E-state index in [9.17, 15) is 13.2 Å². The van der Waals surface area contributed by atoms with Crippen LogP contribution in [0.3, 0.4) is 0 Å². The molecule has 0 spiro atoms. The van der Waals surface area contributed by atoms with E-state index in [0.717, 1.165) is 41.1 Å². The average molecular weight is 305 g/mol. The normalized spacial score (nSPS) is 11.8. The SMILES string of the molecule is CCc1nc(CSc2nccc(C(F)(F)F)n2)cs1. The summed E-state index contributed by atoms with van der Waals surface area (Å²) in [5.74, 6) is 0.470. The number of thioether (sulfide) groups is 1. The van der Waals surface area contributed by atoms with E-state index < -0.39 is 11.9 Å². The first-order chi connectivity index (χ1) is 8.99. The molecule has 0 amide bonds. The summed E-state index contributed by atoms with van der Waals surface area (Å²) in [6, 6.07) is 0.863. The van der Waals surface area contributed by atoms with Gasteiger partial charge in [-0.05, 0) is 12.5 Å². The van der Waals surface area contributed by atoms with Gasteiger partial charge in [0.15, 0.2) is 5.16 Å². The van der Waals surface area contributed by atoms with E-state index in [2.05, 4.69) is 15.0 Å². The molecule has 2 rings (SSSR count). The van der Waals surface area contributed by atoms with Gasteiger partial charge in [-0.2, -0.15) is 13.2 Å². The highest BCUT2D eigenvalue weighted by Crippen LogP contribution is 2.29. The predicted octanol–water partition coefficient (Wildman–Crippen LogP) is 3.81. The number of aromatic nitrogens is 3. The fourth-order valence-corrected chi connectivity index (χ4v) is 2.86. The highest BCUT2D eigenvalue weighted by molar-refractivity contribution is 7.98. The van der Waals surface area contributed by atoms with E-state index >= 15 is 0 Å². The van der Waals surface area contributed by atoms with Crippen molar-refractivity contribution in [1.82, 2.24) is 15.0 Å². The Labute approximate surface area is 116 Å². The van der Waals surface area contributed by atoms with Crippen molar-refractivity contribution in [2.45, 2.75) is 30.4 Å². The molecule has 0 fully saturated rings. The molecule has 2 heterocycles. The molecule has 0 unspecified atom stereocenters. The van der Waals surface area contributed by atoms with E-state index in [1.165, 1.54) is 0 Å². The van der Waals surface area contributed by atoms with E-state index in [-0.39, 0.29) is 5.16 Å². The Balaban J connectivity index is 2.03. The second-order valence-corrected chi connectivity index (χ2v) is 5.48. The van der Waals surface area contributed by atoms with Crippen LogP contribution in [0.15, 0.2) is 22.8 Å². The molecule has 0 aromatic carbocycles. The first kappa shape index (κ1) is 14.3. The van der Waals surface area contributed by atoms with E-state index in [1.54, 1.807) is 11.3 Å². The number of alkyl halides is 3. The first-order valence-electron chi connectivity index (χ1n) is 5.45. The highest BCUT2D eigenvalue weighted by atomic mass is 32.2. The Morgan fingerprint density at radius 3 is 2.74 bits per heavy atom. The Morgan fingerprint density at radius 2 is 2.11 bits per heavy atom. The number of rotatable bonds is 4. The van der Waals surface area contributed by atoms with Crippen LogP contribution in [0.25, 0.3) is 0 Å². The summed E-state index contributed by atoms with van der Waals surface area (Å²) >= 11 is 2.70. The number of thiazole rings is 1. The molecule has 19 heavy (non-hydrogen) atoms. The number of nitrogens with zero attached hydrogens (tertiary/aromatic N) is 3. The van der Waals surface area contributed by atoms with Crippen molar-refractivity contribution in [1.29, 1.82) is 0 Å². The summed E-state index contributed by atoms with van der Waals surface area (Å²) in [5, 5.41) is 3.03. The van der Waals surface area contributed by atoms with Crippen molar-refractivity contribution in [2.75, 3.05) is 0 Å². The van der Waals surface area contributed by atoms with Crippen LogP contribution in [0, 0.1) is 0 Å². The zero-order valence-corrected chi connectivity index (χ0v) is 11.6. The standard InChI is InChI=1S/C11H10F3N3S2/c1-2-9-16-7(5-18-9)6-19-10-15-4-3-8(17-10)11(12,13)14/h3-5H,2,6H2,1H3.